The predicted molar refractivity (Wildman–Crippen MR) is 127 cm³/mol. The molecule has 2 aromatic carbocycles. The zero-order chi connectivity index (χ0) is 26.0. The summed E-state index contributed by atoms with van der Waals surface area (Å²) in [7, 11) is 2.70. The molecule has 35 heavy (non-hydrogen) atoms. The molecule has 8 nitrogen and oxygen atoms in total. The molecule has 0 unspecified atom stereocenters. The van der Waals surface area contributed by atoms with Crippen LogP contribution in [-0.2, 0) is 19.1 Å². The van der Waals surface area contributed by atoms with Crippen molar-refractivity contribution in [2.45, 2.75) is 25.4 Å². The molecule has 0 aromatic heterocycles. The van der Waals surface area contributed by atoms with Crippen molar-refractivity contribution in [1.29, 1.82) is 0 Å². The van der Waals surface area contributed by atoms with Crippen molar-refractivity contribution in [3.63, 3.8) is 0 Å². The molecule has 9 heteroatoms. The van der Waals surface area contributed by atoms with Crippen molar-refractivity contribution in [1.82, 2.24) is 0 Å². The van der Waals surface area contributed by atoms with Gasteiger partial charge < -0.3 is 24.4 Å². The van der Waals surface area contributed by atoms with Crippen LogP contribution in [0.15, 0.2) is 48.6 Å². The number of phenolic OH excluding ortho intramolecular Hbond substituents is 2. The number of esters is 1. The lowest BCUT2D eigenvalue weighted by Gasteiger charge is -2.19. The van der Waals surface area contributed by atoms with Crippen molar-refractivity contribution in [2.75, 3.05) is 20.8 Å². The standard InChI is InChI=1S/C26H27FO8/c1-4-35-25(32)13-14-26(27,23(30)11-7-17-5-9-19(28)21(15-17)33-2)24(31)12-8-18-6-10-20(29)22(16-18)34-3/h5-12,15-16,28-29H,4,13-14H2,1-3H3/b11-7+,12-8+. The van der Waals surface area contributed by atoms with Gasteiger partial charge in [-0.3, -0.25) is 14.4 Å². The Bertz CT molecular complexity index is 1060. The lowest BCUT2D eigenvalue weighted by Crippen LogP contribution is -2.41. The molecule has 2 aromatic rings. The molecule has 0 bridgehead atoms. The van der Waals surface area contributed by atoms with Crippen molar-refractivity contribution < 1.29 is 43.2 Å². The van der Waals surface area contributed by atoms with Crippen molar-refractivity contribution in [3.05, 3.63) is 59.7 Å². The number of rotatable bonds is 12. The van der Waals surface area contributed by atoms with E-state index in [0.29, 0.717) is 11.1 Å². The van der Waals surface area contributed by atoms with Gasteiger partial charge in [0.15, 0.2) is 23.0 Å². The van der Waals surface area contributed by atoms with E-state index in [1.54, 1.807) is 6.92 Å². The fourth-order valence-corrected chi connectivity index (χ4v) is 3.08. The molecular formula is C26H27FO8. The summed E-state index contributed by atoms with van der Waals surface area (Å²) in [5.41, 5.74) is -2.19. The van der Waals surface area contributed by atoms with Gasteiger partial charge in [0.1, 0.15) is 0 Å². The van der Waals surface area contributed by atoms with Gasteiger partial charge in [-0.15, -0.1) is 0 Å². The molecule has 0 radical (unpaired) electrons. The van der Waals surface area contributed by atoms with Crippen molar-refractivity contribution in [2.24, 2.45) is 0 Å². The topological polar surface area (TPSA) is 119 Å². The van der Waals surface area contributed by atoms with E-state index in [2.05, 4.69) is 0 Å². The zero-order valence-electron chi connectivity index (χ0n) is 19.6. The highest BCUT2D eigenvalue weighted by molar-refractivity contribution is 6.20. The van der Waals surface area contributed by atoms with E-state index in [1.165, 1.54) is 62.8 Å². The summed E-state index contributed by atoms with van der Waals surface area (Å²) in [6.07, 6.45) is 3.13. The van der Waals surface area contributed by atoms with E-state index in [9.17, 15) is 24.6 Å². The fourth-order valence-electron chi connectivity index (χ4n) is 3.08. The Hall–Kier alpha value is -4.14. The Balaban J connectivity index is 2.32. The highest BCUT2D eigenvalue weighted by atomic mass is 19.1. The molecule has 0 saturated heterocycles. The largest absolute Gasteiger partial charge is 0.504 e. The van der Waals surface area contributed by atoms with Crippen LogP contribution >= 0.6 is 0 Å². The minimum atomic E-state index is -3.03. The first-order chi connectivity index (χ1) is 16.6. The Morgan fingerprint density at radius 2 is 1.34 bits per heavy atom. The summed E-state index contributed by atoms with van der Waals surface area (Å²) in [4.78, 5) is 37.4. The van der Waals surface area contributed by atoms with Gasteiger partial charge in [-0.2, -0.15) is 0 Å². The normalized spacial score (nSPS) is 11.5. The van der Waals surface area contributed by atoms with Gasteiger partial charge in [-0.25, -0.2) is 4.39 Å². The number of hydrogen-bond donors (Lipinski definition) is 2. The van der Waals surface area contributed by atoms with E-state index < -0.39 is 36.0 Å². The Morgan fingerprint density at radius 1 is 0.886 bits per heavy atom. The molecule has 2 N–H and O–H groups in total. The number of carbonyl (C=O) groups excluding carboxylic acids is 3. The highest BCUT2D eigenvalue weighted by Crippen LogP contribution is 2.29. The number of ether oxygens (including phenoxy) is 3. The van der Waals surface area contributed by atoms with Crippen LogP contribution in [0.1, 0.15) is 30.9 Å². The van der Waals surface area contributed by atoms with Crippen LogP contribution in [0.25, 0.3) is 12.2 Å². The van der Waals surface area contributed by atoms with Crippen LogP contribution in [0, 0.1) is 0 Å². The summed E-state index contributed by atoms with van der Waals surface area (Å²) < 4.78 is 30.7. The number of alkyl halides is 1. The van der Waals surface area contributed by atoms with Gasteiger partial charge in [0.25, 0.3) is 0 Å². The maximum Gasteiger partial charge on any atom is 0.305 e. The van der Waals surface area contributed by atoms with E-state index >= 15 is 4.39 Å². The number of phenols is 2. The first-order valence-corrected chi connectivity index (χ1v) is 10.7. The molecule has 0 fully saturated rings. The molecule has 0 aliphatic rings. The second-order valence-corrected chi connectivity index (χ2v) is 7.36. The minimum absolute atomic E-state index is 0.0746. The molecule has 0 aliphatic carbocycles. The van der Waals surface area contributed by atoms with E-state index in [-0.39, 0.29) is 29.6 Å². The van der Waals surface area contributed by atoms with Crippen LogP contribution in [0.3, 0.4) is 0 Å². The lowest BCUT2D eigenvalue weighted by molar-refractivity contribution is -0.145. The molecule has 0 heterocycles. The number of benzene rings is 2. The third kappa shape index (κ3) is 7.17. The average molecular weight is 486 g/mol. The fraction of sp³-hybridized carbons (Fsp3) is 0.269. The third-order valence-electron chi connectivity index (χ3n) is 5.02. The second-order valence-electron chi connectivity index (χ2n) is 7.36. The van der Waals surface area contributed by atoms with E-state index in [4.69, 9.17) is 14.2 Å². The maximum atomic E-state index is 15.9. The highest BCUT2D eigenvalue weighted by Gasteiger charge is 2.43. The number of hydrogen-bond acceptors (Lipinski definition) is 8. The van der Waals surface area contributed by atoms with Crippen LogP contribution in [0.4, 0.5) is 4.39 Å². The monoisotopic (exact) mass is 486 g/mol. The number of ketones is 2. The maximum absolute atomic E-state index is 15.9. The second kappa shape index (κ2) is 12.4. The van der Waals surface area contributed by atoms with Crippen LogP contribution in [-0.4, -0.2) is 54.2 Å². The van der Waals surface area contributed by atoms with E-state index in [1.807, 2.05) is 0 Å². The third-order valence-corrected chi connectivity index (χ3v) is 5.02. The summed E-state index contributed by atoms with van der Waals surface area (Å²) in [5.74, 6) is -2.99. The number of aromatic hydroxyl groups is 2. The van der Waals surface area contributed by atoms with Crippen molar-refractivity contribution in [3.8, 4) is 23.0 Å². The number of carbonyl (C=O) groups is 3. The van der Waals surface area contributed by atoms with Gasteiger partial charge in [0.05, 0.1) is 20.8 Å². The van der Waals surface area contributed by atoms with Crippen molar-refractivity contribution >= 4 is 29.7 Å². The van der Waals surface area contributed by atoms with Gasteiger partial charge in [0.2, 0.25) is 17.2 Å². The number of allylic oxidation sites excluding steroid dienone is 2. The van der Waals surface area contributed by atoms with Gasteiger partial charge in [-0.1, -0.05) is 24.3 Å². The van der Waals surface area contributed by atoms with Gasteiger partial charge in [-0.05, 0) is 54.5 Å². The molecular weight excluding hydrogens is 459 g/mol. The molecule has 0 spiro atoms. The van der Waals surface area contributed by atoms with Crippen LogP contribution < -0.4 is 9.47 Å². The first-order valence-electron chi connectivity index (χ1n) is 10.7. The summed E-state index contributed by atoms with van der Waals surface area (Å²) in [5, 5.41) is 19.4. The molecule has 0 aliphatic heterocycles. The van der Waals surface area contributed by atoms with Gasteiger partial charge >= 0.3 is 5.97 Å². The number of halogens is 1. The smallest absolute Gasteiger partial charge is 0.305 e. The zero-order valence-corrected chi connectivity index (χ0v) is 19.6. The Morgan fingerprint density at radius 3 is 1.74 bits per heavy atom. The SMILES string of the molecule is CCOC(=O)CCC(F)(C(=O)/C=C/c1ccc(O)c(OC)c1)C(=O)/C=C/c1ccc(O)c(OC)c1. The lowest BCUT2D eigenvalue weighted by atomic mass is 9.88. The quantitative estimate of drug-likeness (QED) is 0.262. The van der Waals surface area contributed by atoms with Crippen LogP contribution in [0.5, 0.6) is 23.0 Å². The summed E-state index contributed by atoms with van der Waals surface area (Å²) in [6.45, 7) is 1.66. The predicted octanol–water partition coefficient (Wildman–Crippen LogP) is 4.03. The Kier molecular flexibility index (Phi) is 9.57. The first kappa shape index (κ1) is 27.1. The molecule has 0 atom stereocenters. The number of methoxy groups -OCH3 is 2. The van der Waals surface area contributed by atoms with Gasteiger partial charge in [0, 0.05) is 12.8 Å². The minimum Gasteiger partial charge on any atom is -0.504 e. The molecule has 0 amide bonds. The summed E-state index contributed by atoms with van der Waals surface area (Å²) >= 11 is 0. The summed E-state index contributed by atoms with van der Waals surface area (Å²) in [6, 6.07) is 8.48. The average Bonchev–Trinajstić information content (AvgIpc) is 2.85. The molecule has 186 valence electrons. The molecule has 0 saturated carbocycles. The molecule has 2 rings (SSSR count). The van der Waals surface area contributed by atoms with Crippen LogP contribution in [0.2, 0.25) is 0 Å². The van der Waals surface area contributed by atoms with E-state index in [0.717, 1.165) is 12.2 Å². The Labute approximate surface area is 202 Å².